The van der Waals surface area contributed by atoms with E-state index in [9.17, 15) is 4.79 Å². The largest absolute Gasteiger partial charge is 0.378 e. The molecule has 1 aliphatic carbocycles. The molecule has 1 amide bonds. The number of hydrogen-bond acceptors (Lipinski definition) is 6. The number of carbonyl (C=O) groups is 1. The van der Waals surface area contributed by atoms with Gasteiger partial charge in [0.25, 0.3) is 5.91 Å². The molecule has 1 unspecified atom stereocenters. The molecule has 4 aromatic heterocycles. The van der Waals surface area contributed by atoms with Gasteiger partial charge in [0.2, 0.25) is 0 Å². The number of rotatable bonds is 5. The number of imidazole rings is 1. The number of ether oxygens (including phenoxy) is 1. The van der Waals surface area contributed by atoms with Crippen LogP contribution in [-0.4, -0.2) is 61.7 Å². The summed E-state index contributed by atoms with van der Waals surface area (Å²) in [5.74, 6) is 7.49. The molecule has 1 fully saturated rings. The first-order valence-corrected chi connectivity index (χ1v) is 14.1. The van der Waals surface area contributed by atoms with Crippen LogP contribution in [0.15, 0.2) is 90.8 Å². The number of anilines is 1. The van der Waals surface area contributed by atoms with Crippen molar-refractivity contribution in [2.24, 2.45) is 0 Å². The van der Waals surface area contributed by atoms with Crippen molar-refractivity contribution in [2.75, 3.05) is 31.6 Å². The summed E-state index contributed by atoms with van der Waals surface area (Å²) in [5.41, 5.74) is 5.88. The molecule has 1 saturated heterocycles. The SMILES string of the molecule is O=C(C1=CCC(c2ccc3ncc(C#Cc4cc(NCc5ccccc5)nc5[nH]ccc45)n3n2)C=C1)N1CCOCC1. The fourth-order valence-electron chi connectivity index (χ4n) is 5.27. The standard InChI is InChI=1S/C33H29N7O2/c41-33(39-16-18-42-19-17-39)25-8-6-24(7-9-25)29-12-13-31-36-22-27(40(31)38-29)11-10-26-20-30(37-32-28(26)14-15-34-32)35-21-23-4-2-1-3-5-23/h1-6,8-9,12-15,20,22,24H,7,16-19,21H2,(H2,34,35,37). The van der Waals surface area contributed by atoms with Gasteiger partial charge in [0.1, 0.15) is 17.2 Å². The van der Waals surface area contributed by atoms with Crippen molar-refractivity contribution < 1.29 is 9.53 Å². The fourth-order valence-corrected chi connectivity index (χ4v) is 5.27. The van der Waals surface area contributed by atoms with E-state index in [1.54, 1.807) is 10.7 Å². The normalized spacial score (nSPS) is 16.7. The highest BCUT2D eigenvalue weighted by molar-refractivity contribution is 5.96. The summed E-state index contributed by atoms with van der Waals surface area (Å²) >= 11 is 0. The van der Waals surface area contributed by atoms with Gasteiger partial charge in [-0.1, -0.05) is 54.5 Å². The molecule has 5 heterocycles. The molecule has 2 aliphatic rings. The number of fused-ring (bicyclic) bond motifs is 2. The molecule has 1 aromatic carbocycles. The van der Waals surface area contributed by atoms with Crippen molar-refractivity contribution in [1.82, 2.24) is 29.5 Å². The monoisotopic (exact) mass is 555 g/mol. The van der Waals surface area contributed by atoms with E-state index in [1.165, 1.54) is 5.56 Å². The van der Waals surface area contributed by atoms with Crippen LogP contribution in [0, 0.1) is 11.8 Å². The molecule has 7 rings (SSSR count). The van der Waals surface area contributed by atoms with Crippen molar-refractivity contribution in [3.63, 3.8) is 0 Å². The number of aromatic nitrogens is 5. The molecule has 2 N–H and O–H groups in total. The number of benzene rings is 1. The molecule has 1 atom stereocenters. The van der Waals surface area contributed by atoms with Gasteiger partial charge in [0.15, 0.2) is 5.65 Å². The van der Waals surface area contributed by atoms with Crippen LogP contribution in [-0.2, 0) is 16.1 Å². The predicted molar refractivity (Wildman–Crippen MR) is 161 cm³/mol. The minimum atomic E-state index is 0.0645. The lowest BCUT2D eigenvalue weighted by Gasteiger charge is -2.28. The lowest BCUT2D eigenvalue weighted by Crippen LogP contribution is -2.41. The van der Waals surface area contributed by atoms with Crippen molar-refractivity contribution in [3.8, 4) is 11.8 Å². The van der Waals surface area contributed by atoms with Gasteiger partial charge in [-0.05, 0) is 42.2 Å². The van der Waals surface area contributed by atoms with Crippen molar-refractivity contribution >= 4 is 28.4 Å². The van der Waals surface area contributed by atoms with Crippen LogP contribution in [0.25, 0.3) is 16.7 Å². The molecule has 42 heavy (non-hydrogen) atoms. The van der Waals surface area contributed by atoms with Crippen molar-refractivity contribution in [1.29, 1.82) is 0 Å². The Morgan fingerprint density at radius 3 is 2.81 bits per heavy atom. The first-order valence-electron chi connectivity index (χ1n) is 14.1. The number of H-pyrrole nitrogens is 1. The van der Waals surface area contributed by atoms with Gasteiger partial charge in [-0.15, -0.1) is 0 Å². The highest BCUT2D eigenvalue weighted by Crippen LogP contribution is 2.27. The summed E-state index contributed by atoms with van der Waals surface area (Å²) in [5, 5.41) is 9.26. The molecule has 0 saturated carbocycles. The summed E-state index contributed by atoms with van der Waals surface area (Å²) in [6.45, 7) is 3.12. The third-order valence-corrected chi connectivity index (χ3v) is 7.58. The second-order valence-corrected chi connectivity index (χ2v) is 10.3. The maximum atomic E-state index is 12.9. The molecule has 0 bridgehead atoms. The van der Waals surface area contributed by atoms with Gasteiger partial charge in [0, 0.05) is 48.3 Å². The number of nitrogens with zero attached hydrogens (tertiary/aromatic N) is 5. The Hall–Kier alpha value is -5.20. The molecule has 208 valence electrons. The zero-order valence-electron chi connectivity index (χ0n) is 23.0. The Morgan fingerprint density at radius 2 is 1.98 bits per heavy atom. The highest BCUT2D eigenvalue weighted by atomic mass is 16.5. The number of nitrogens with one attached hydrogen (secondary N) is 2. The van der Waals surface area contributed by atoms with Gasteiger partial charge in [-0.2, -0.15) is 5.10 Å². The smallest absolute Gasteiger partial charge is 0.253 e. The first-order chi connectivity index (χ1) is 20.7. The van der Waals surface area contributed by atoms with Crippen LogP contribution in [0.2, 0.25) is 0 Å². The summed E-state index contributed by atoms with van der Waals surface area (Å²) in [6, 6.07) is 18.1. The number of carbonyl (C=O) groups excluding carboxylic acids is 1. The number of pyridine rings is 1. The maximum Gasteiger partial charge on any atom is 0.253 e. The number of amides is 1. The molecule has 9 heteroatoms. The second kappa shape index (κ2) is 11.4. The van der Waals surface area contributed by atoms with Crippen LogP contribution in [0.1, 0.15) is 34.9 Å². The minimum absolute atomic E-state index is 0.0645. The van der Waals surface area contributed by atoms with E-state index >= 15 is 0 Å². The Morgan fingerprint density at radius 1 is 1.10 bits per heavy atom. The molecular weight excluding hydrogens is 526 g/mol. The van der Waals surface area contributed by atoms with E-state index in [0.717, 1.165) is 39.3 Å². The third kappa shape index (κ3) is 5.28. The Kier molecular flexibility index (Phi) is 6.96. The summed E-state index contributed by atoms with van der Waals surface area (Å²) < 4.78 is 7.16. The number of aromatic amines is 1. The van der Waals surface area contributed by atoms with Crippen LogP contribution in [0.4, 0.5) is 5.82 Å². The summed E-state index contributed by atoms with van der Waals surface area (Å²) in [4.78, 5) is 27.1. The highest BCUT2D eigenvalue weighted by Gasteiger charge is 2.22. The number of allylic oxidation sites excluding steroid dienone is 2. The van der Waals surface area contributed by atoms with Crippen molar-refractivity contribution in [2.45, 2.75) is 18.9 Å². The van der Waals surface area contributed by atoms with Gasteiger partial charge < -0.3 is 19.9 Å². The van der Waals surface area contributed by atoms with Crippen LogP contribution >= 0.6 is 0 Å². The van der Waals surface area contributed by atoms with E-state index in [2.05, 4.69) is 45.3 Å². The number of morpholine rings is 1. The average molecular weight is 556 g/mol. The predicted octanol–water partition coefficient (Wildman–Crippen LogP) is 4.45. The lowest BCUT2D eigenvalue weighted by molar-refractivity contribution is -0.130. The second-order valence-electron chi connectivity index (χ2n) is 10.3. The van der Waals surface area contributed by atoms with Crippen LogP contribution in [0.3, 0.4) is 0 Å². The zero-order valence-corrected chi connectivity index (χ0v) is 23.0. The number of hydrogen-bond donors (Lipinski definition) is 2. The first kappa shape index (κ1) is 25.7. The van der Waals surface area contributed by atoms with Gasteiger partial charge in [-0.3, -0.25) is 4.79 Å². The van der Waals surface area contributed by atoms with E-state index in [1.807, 2.05) is 65.7 Å². The van der Waals surface area contributed by atoms with E-state index < -0.39 is 0 Å². The lowest BCUT2D eigenvalue weighted by atomic mass is 9.93. The quantitative estimate of drug-likeness (QED) is 0.311. The van der Waals surface area contributed by atoms with Gasteiger partial charge in [-0.25, -0.2) is 14.5 Å². The van der Waals surface area contributed by atoms with Gasteiger partial charge in [0.05, 0.1) is 25.1 Å². The van der Waals surface area contributed by atoms with Crippen LogP contribution < -0.4 is 5.32 Å². The topological polar surface area (TPSA) is 100 Å². The minimum Gasteiger partial charge on any atom is -0.378 e. The molecule has 1 aliphatic heterocycles. The molecule has 9 nitrogen and oxygen atoms in total. The molecular formula is C33H29N7O2. The maximum absolute atomic E-state index is 12.9. The summed E-state index contributed by atoms with van der Waals surface area (Å²) in [6.07, 6.45) is 10.3. The van der Waals surface area contributed by atoms with Crippen LogP contribution in [0.5, 0.6) is 0 Å². The van der Waals surface area contributed by atoms with Gasteiger partial charge >= 0.3 is 0 Å². The van der Waals surface area contributed by atoms with Crippen molar-refractivity contribution in [3.05, 3.63) is 113 Å². The zero-order chi connectivity index (χ0) is 28.3. The Balaban J connectivity index is 1.12. The Bertz CT molecular complexity index is 1890. The summed E-state index contributed by atoms with van der Waals surface area (Å²) in [7, 11) is 0. The van der Waals surface area contributed by atoms with E-state index in [4.69, 9.17) is 14.8 Å². The molecule has 5 aromatic rings. The van der Waals surface area contributed by atoms with E-state index in [-0.39, 0.29) is 11.8 Å². The fraction of sp³-hybridized carbons (Fsp3) is 0.212. The third-order valence-electron chi connectivity index (χ3n) is 7.58. The van der Waals surface area contributed by atoms with E-state index in [0.29, 0.717) is 45.0 Å². The molecule has 0 spiro atoms. The average Bonchev–Trinajstić information content (AvgIpc) is 3.70. The molecule has 0 radical (unpaired) electrons. The Labute approximate surface area is 242 Å².